The topological polar surface area (TPSA) is 69.0 Å². The molecule has 0 atom stereocenters. The van der Waals surface area contributed by atoms with Crippen molar-refractivity contribution in [1.82, 2.24) is 20.1 Å². The Kier molecular flexibility index (Phi) is 6.08. The number of amides is 1. The van der Waals surface area contributed by atoms with Gasteiger partial charge in [0.1, 0.15) is 11.5 Å². The highest BCUT2D eigenvalue weighted by Crippen LogP contribution is 2.21. The Hall–Kier alpha value is -3.93. The van der Waals surface area contributed by atoms with Crippen LogP contribution in [0.4, 0.5) is 0 Å². The van der Waals surface area contributed by atoms with E-state index in [4.69, 9.17) is 4.74 Å². The van der Waals surface area contributed by atoms with Gasteiger partial charge in [-0.3, -0.25) is 4.79 Å². The molecule has 0 aliphatic carbocycles. The van der Waals surface area contributed by atoms with Crippen molar-refractivity contribution in [2.45, 2.75) is 20.3 Å². The Balaban J connectivity index is 1.35. The van der Waals surface area contributed by atoms with Gasteiger partial charge in [-0.25, -0.2) is 9.67 Å². The molecule has 0 bridgehead atoms. The number of benzene rings is 2. The van der Waals surface area contributed by atoms with Gasteiger partial charge < -0.3 is 10.1 Å². The Bertz CT molecular complexity index is 1150. The maximum Gasteiger partial charge on any atom is 0.251 e. The van der Waals surface area contributed by atoms with Gasteiger partial charge in [-0.05, 0) is 74.4 Å². The fourth-order valence-electron chi connectivity index (χ4n) is 3.44. The van der Waals surface area contributed by atoms with Crippen molar-refractivity contribution >= 4 is 5.91 Å². The summed E-state index contributed by atoms with van der Waals surface area (Å²) >= 11 is 0. The van der Waals surface area contributed by atoms with E-state index in [0.717, 1.165) is 28.5 Å². The fourth-order valence-corrected chi connectivity index (χ4v) is 3.44. The molecule has 2 aromatic carbocycles. The van der Waals surface area contributed by atoms with E-state index in [2.05, 4.69) is 15.4 Å². The molecule has 0 unspecified atom stereocenters. The lowest BCUT2D eigenvalue weighted by Gasteiger charge is -2.08. The molecule has 6 heteroatoms. The quantitative estimate of drug-likeness (QED) is 0.480. The summed E-state index contributed by atoms with van der Waals surface area (Å²) in [7, 11) is 0. The van der Waals surface area contributed by atoms with E-state index in [1.54, 1.807) is 30.5 Å². The smallest absolute Gasteiger partial charge is 0.251 e. The van der Waals surface area contributed by atoms with Gasteiger partial charge in [0.15, 0.2) is 5.82 Å². The number of pyridine rings is 1. The van der Waals surface area contributed by atoms with Crippen molar-refractivity contribution in [2.75, 3.05) is 6.54 Å². The molecular formula is C25H24N4O2. The van der Waals surface area contributed by atoms with E-state index in [9.17, 15) is 4.79 Å². The zero-order valence-electron chi connectivity index (χ0n) is 17.6. The largest absolute Gasteiger partial charge is 0.457 e. The van der Waals surface area contributed by atoms with Gasteiger partial charge in [0.25, 0.3) is 5.91 Å². The van der Waals surface area contributed by atoms with Crippen molar-refractivity contribution in [3.63, 3.8) is 0 Å². The second-order valence-corrected chi connectivity index (χ2v) is 7.19. The predicted molar refractivity (Wildman–Crippen MR) is 120 cm³/mol. The van der Waals surface area contributed by atoms with Crippen molar-refractivity contribution in [3.05, 3.63) is 102 Å². The SMILES string of the molecule is Cc1nn(-c2ccccn2)c(C)c1CCNC(=O)c1ccc(Oc2ccccc2)cc1. The maximum atomic E-state index is 12.5. The number of para-hydroxylation sites is 1. The molecule has 0 radical (unpaired) electrons. The van der Waals surface area contributed by atoms with E-state index in [-0.39, 0.29) is 5.91 Å². The number of carbonyl (C=O) groups is 1. The molecule has 1 N–H and O–H groups in total. The van der Waals surface area contributed by atoms with E-state index < -0.39 is 0 Å². The highest BCUT2D eigenvalue weighted by molar-refractivity contribution is 5.94. The average Bonchev–Trinajstić information content (AvgIpc) is 3.09. The first-order chi connectivity index (χ1) is 15.1. The summed E-state index contributed by atoms with van der Waals surface area (Å²) in [5.74, 6) is 2.13. The summed E-state index contributed by atoms with van der Waals surface area (Å²) in [5.41, 5.74) is 3.70. The second kappa shape index (κ2) is 9.26. The highest BCUT2D eigenvalue weighted by atomic mass is 16.5. The lowest BCUT2D eigenvalue weighted by atomic mass is 10.1. The molecule has 0 fully saturated rings. The van der Waals surface area contributed by atoms with Crippen LogP contribution in [-0.2, 0) is 6.42 Å². The molecule has 6 nitrogen and oxygen atoms in total. The molecule has 156 valence electrons. The Morgan fingerprint density at radius 1 is 0.935 bits per heavy atom. The zero-order valence-corrected chi connectivity index (χ0v) is 17.6. The van der Waals surface area contributed by atoms with Crippen LogP contribution in [0.1, 0.15) is 27.3 Å². The number of hydrogen-bond acceptors (Lipinski definition) is 4. The van der Waals surface area contributed by atoms with Crippen LogP contribution < -0.4 is 10.1 Å². The Labute approximate surface area is 181 Å². The zero-order chi connectivity index (χ0) is 21.6. The predicted octanol–water partition coefficient (Wildman–Crippen LogP) is 4.65. The average molecular weight is 412 g/mol. The molecule has 0 aliphatic heterocycles. The van der Waals surface area contributed by atoms with Crippen LogP contribution in [0.2, 0.25) is 0 Å². The van der Waals surface area contributed by atoms with Gasteiger partial charge in [0, 0.05) is 24.0 Å². The molecule has 31 heavy (non-hydrogen) atoms. The van der Waals surface area contributed by atoms with Crippen LogP contribution in [0.15, 0.2) is 79.0 Å². The third kappa shape index (κ3) is 4.80. The number of aryl methyl sites for hydroxylation is 1. The van der Waals surface area contributed by atoms with Crippen LogP contribution in [0, 0.1) is 13.8 Å². The highest BCUT2D eigenvalue weighted by Gasteiger charge is 2.14. The molecule has 0 saturated heterocycles. The summed E-state index contributed by atoms with van der Waals surface area (Å²) in [5, 5.41) is 7.60. The number of aromatic nitrogens is 3. The Morgan fingerprint density at radius 3 is 2.35 bits per heavy atom. The Morgan fingerprint density at radius 2 is 1.65 bits per heavy atom. The van der Waals surface area contributed by atoms with Crippen molar-refractivity contribution in [3.8, 4) is 17.3 Å². The second-order valence-electron chi connectivity index (χ2n) is 7.19. The van der Waals surface area contributed by atoms with Gasteiger partial charge in [-0.1, -0.05) is 24.3 Å². The number of ether oxygens (including phenoxy) is 1. The van der Waals surface area contributed by atoms with Crippen molar-refractivity contribution in [1.29, 1.82) is 0 Å². The lowest BCUT2D eigenvalue weighted by molar-refractivity contribution is 0.0954. The standard InChI is InChI=1S/C25H24N4O2/c1-18-23(19(2)29(28-18)24-10-6-7-16-26-24)15-17-27-25(30)20-11-13-22(14-12-20)31-21-8-4-3-5-9-21/h3-14,16H,15,17H2,1-2H3,(H,27,30). The summed E-state index contributed by atoms with van der Waals surface area (Å²) in [6, 6.07) is 22.4. The number of rotatable bonds is 7. The molecule has 4 aromatic rings. The summed E-state index contributed by atoms with van der Waals surface area (Å²) in [4.78, 5) is 16.9. The first-order valence-corrected chi connectivity index (χ1v) is 10.2. The van der Waals surface area contributed by atoms with E-state index in [1.165, 1.54) is 0 Å². The van der Waals surface area contributed by atoms with Crippen LogP contribution >= 0.6 is 0 Å². The van der Waals surface area contributed by atoms with Gasteiger partial charge in [0.2, 0.25) is 0 Å². The molecular weight excluding hydrogens is 388 g/mol. The minimum atomic E-state index is -0.112. The van der Waals surface area contributed by atoms with Gasteiger partial charge in [-0.15, -0.1) is 0 Å². The van der Waals surface area contributed by atoms with Crippen LogP contribution in [0.25, 0.3) is 5.82 Å². The summed E-state index contributed by atoms with van der Waals surface area (Å²) in [6.45, 7) is 4.53. The van der Waals surface area contributed by atoms with Crippen LogP contribution in [-0.4, -0.2) is 27.2 Å². The van der Waals surface area contributed by atoms with Crippen LogP contribution in [0.3, 0.4) is 0 Å². The van der Waals surface area contributed by atoms with Gasteiger partial charge in [-0.2, -0.15) is 5.10 Å². The first-order valence-electron chi connectivity index (χ1n) is 10.2. The summed E-state index contributed by atoms with van der Waals surface area (Å²) < 4.78 is 7.62. The maximum absolute atomic E-state index is 12.5. The van der Waals surface area contributed by atoms with Gasteiger partial charge in [0.05, 0.1) is 5.69 Å². The molecule has 2 aromatic heterocycles. The fraction of sp³-hybridized carbons (Fsp3) is 0.160. The molecule has 1 amide bonds. The number of hydrogen-bond donors (Lipinski definition) is 1. The third-order valence-electron chi connectivity index (χ3n) is 5.06. The number of nitrogens with zero attached hydrogens (tertiary/aromatic N) is 3. The minimum absolute atomic E-state index is 0.112. The van der Waals surface area contributed by atoms with E-state index in [1.807, 2.05) is 67.1 Å². The monoisotopic (exact) mass is 412 g/mol. The molecule has 0 saturated carbocycles. The van der Waals surface area contributed by atoms with E-state index >= 15 is 0 Å². The molecule has 0 aliphatic rings. The van der Waals surface area contributed by atoms with Crippen LogP contribution in [0.5, 0.6) is 11.5 Å². The lowest BCUT2D eigenvalue weighted by Crippen LogP contribution is -2.25. The number of nitrogens with one attached hydrogen (secondary N) is 1. The third-order valence-corrected chi connectivity index (χ3v) is 5.06. The normalized spacial score (nSPS) is 10.6. The molecule has 0 spiro atoms. The minimum Gasteiger partial charge on any atom is -0.457 e. The van der Waals surface area contributed by atoms with Crippen molar-refractivity contribution < 1.29 is 9.53 Å². The molecule has 4 rings (SSSR count). The summed E-state index contributed by atoms with van der Waals surface area (Å²) in [6.07, 6.45) is 2.45. The number of carbonyl (C=O) groups excluding carboxylic acids is 1. The first kappa shape index (κ1) is 20.3. The van der Waals surface area contributed by atoms with Crippen molar-refractivity contribution in [2.24, 2.45) is 0 Å². The van der Waals surface area contributed by atoms with E-state index in [0.29, 0.717) is 24.3 Å². The molecule has 2 heterocycles. The van der Waals surface area contributed by atoms with Gasteiger partial charge >= 0.3 is 0 Å².